The minimum absolute atomic E-state index is 0.0351. The van der Waals surface area contributed by atoms with Crippen LogP contribution in [0.25, 0.3) is 0 Å². The zero-order valence-corrected chi connectivity index (χ0v) is 7.43. The van der Waals surface area contributed by atoms with Crippen LogP contribution in [0, 0.1) is 0 Å². The Balaban J connectivity index is 3.25. The number of alkyl halides is 1. The van der Waals surface area contributed by atoms with E-state index in [1.807, 2.05) is 0 Å². The van der Waals surface area contributed by atoms with E-state index < -0.39 is 5.97 Å². The predicted octanol–water partition coefficient (Wildman–Crippen LogP) is 0.596. The number of hydrogen-bond donors (Lipinski definition) is 2. The summed E-state index contributed by atoms with van der Waals surface area (Å²) in [6.45, 7) is 0.191. The van der Waals surface area contributed by atoms with Crippen LogP contribution in [-0.4, -0.2) is 29.4 Å². The number of halogens is 1. The molecular formula is C7H12ClNO3. The molecule has 0 unspecified atom stereocenters. The van der Waals surface area contributed by atoms with Crippen molar-refractivity contribution >= 4 is 23.5 Å². The first kappa shape index (κ1) is 11.2. The van der Waals surface area contributed by atoms with E-state index in [1.165, 1.54) is 0 Å². The van der Waals surface area contributed by atoms with Gasteiger partial charge in [0.25, 0.3) is 0 Å². The van der Waals surface area contributed by atoms with Gasteiger partial charge in [0.15, 0.2) is 0 Å². The fraction of sp³-hybridized carbons (Fsp3) is 0.714. The first-order chi connectivity index (χ1) is 5.66. The van der Waals surface area contributed by atoms with Crippen LogP contribution in [0.3, 0.4) is 0 Å². The average Bonchev–Trinajstić information content (AvgIpc) is 2.00. The molecule has 2 N–H and O–H groups in total. The second kappa shape index (κ2) is 6.91. The second-order valence-corrected chi connectivity index (χ2v) is 2.66. The summed E-state index contributed by atoms with van der Waals surface area (Å²) in [5, 5.41) is 10.7. The van der Waals surface area contributed by atoms with Crippen molar-refractivity contribution in [2.45, 2.75) is 19.3 Å². The molecule has 0 saturated heterocycles. The van der Waals surface area contributed by atoms with Crippen LogP contribution in [0.15, 0.2) is 0 Å². The summed E-state index contributed by atoms with van der Waals surface area (Å²) >= 11 is 5.36. The molecule has 0 spiro atoms. The van der Waals surface area contributed by atoms with Crippen LogP contribution >= 0.6 is 11.6 Å². The Morgan fingerprint density at radius 2 is 2.00 bits per heavy atom. The first-order valence-corrected chi connectivity index (χ1v) is 4.24. The molecule has 0 bridgehead atoms. The van der Waals surface area contributed by atoms with Gasteiger partial charge in [-0.2, -0.15) is 0 Å². The van der Waals surface area contributed by atoms with Crippen molar-refractivity contribution in [3.63, 3.8) is 0 Å². The zero-order valence-electron chi connectivity index (χ0n) is 6.68. The summed E-state index contributed by atoms with van der Waals surface area (Å²) in [6, 6.07) is 0. The van der Waals surface area contributed by atoms with Gasteiger partial charge in [0.1, 0.15) is 0 Å². The molecule has 0 aliphatic heterocycles. The molecular weight excluding hydrogens is 182 g/mol. The van der Waals surface area contributed by atoms with Crippen LogP contribution in [-0.2, 0) is 9.59 Å². The van der Waals surface area contributed by atoms with Gasteiger partial charge in [0, 0.05) is 18.8 Å². The second-order valence-electron chi connectivity index (χ2n) is 2.29. The Morgan fingerprint density at radius 3 is 2.50 bits per heavy atom. The van der Waals surface area contributed by atoms with Gasteiger partial charge in [-0.05, 0) is 6.42 Å². The number of hydrogen-bond acceptors (Lipinski definition) is 2. The molecule has 0 aromatic rings. The van der Waals surface area contributed by atoms with Crippen molar-refractivity contribution in [3.8, 4) is 0 Å². The number of amides is 1. The Bertz CT molecular complexity index is 161. The van der Waals surface area contributed by atoms with Gasteiger partial charge in [-0.25, -0.2) is 0 Å². The minimum Gasteiger partial charge on any atom is -0.481 e. The molecule has 0 aliphatic carbocycles. The summed E-state index contributed by atoms with van der Waals surface area (Å²) < 4.78 is 0. The maximum Gasteiger partial charge on any atom is 0.305 e. The summed E-state index contributed by atoms with van der Waals surface area (Å²) in [7, 11) is 0. The number of aliphatic carboxylic acids is 1. The van der Waals surface area contributed by atoms with E-state index in [0.717, 1.165) is 0 Å². The minimum atomic E-state index is -0.910. The van der Waals surface area contributed by atoms with Crippen molar-refractivity contribution in [2.75, 3.05) is 12.4 Å². The summed E-state index contributed by atoms with van der Waals surface area (Å²) in [6.07, 6.45) is 0.955. The van der Waals surface area contributed by atoms with Gasteiger partial charge in [-0.3, -0.25) is 9.59 Å². The number of carboxylic acids is 1. The Hall–Kier alpha value is -0.770. The summed E-state index contributed by atoms with van der Waals surface area (Å²) in [4.78, 5) is 20.8. The number of rotatable bonds is 6. The number of nitrogens with one attached hydrogen (secondary N) is 1. The third-order valence-corrected chi connectivity index (χ3v) is 1.47. The quantitative estimate of drug-likeness (QED) is 0.607. The van der Waals surface area contributed by atoms with Crippen molar-refractivity contribution < 1.29 is 14.7 Å². The largest absolute Gasteiger partial charge is 0.481 e. The van der Waals surface area contributed by atoms with Gasteiger partial charge in [-0.15, -0.1) is 11.6 Å². The van der Waals surface area contributed by atoms with Gasteiger partial charge in [0.05, 0.1) is 6.42 Å². The maximum atomic E-state index is 10.8. The van der Waals surface area contributed by atoms with Crippen molar-refractivity contribution in [2.24, 2.45) is 0 Å². The fourth-order valence-electron chi connectivity index (χ4n) is 0.625. The monoisotopic (exact) mass is 193 g/mol. The molecule has 0 aliphatic rings. The lowest BCUT2D eigenvalue weighted by atomic mass is 10.3. The third-order valence-electron chi connectivity index (χ3n) is 1.20. The molecule has 0 atom stereocenters. The molecule has 70 valence electrons. The molecule has 0 saturated carbocycles. The molecule has 0 rings (SSSR count). The van der Waals surface area contributed by atoms with Crippen LogP contribution in [0.1, 0.15) is 19.3 Å². The maximum absolute atomic E-state index is 10.8. The molecule has 5 heteroatoms. The fourth-order valence-corrected chi connectivity index (χ4v) is 0.758. The lowest BCUT2D eigenvalue weighted by molar-refractivity contribution is -0.136. The van der Waals surface area contributed by atoms with E-state index in [4.69, 9.17) is 16.7 Å². The SMILES string of the molecule is O=C(O)CCNC(=O)CCCCl. The number of carboxylic acid groups (broad SMARTS) is 1. The van der Waals surface area contributed by atoms with E-state index >= 15 is 0 Å². The van der Waals surface area contributed by atoms with Gasteiger partial charge in [-0.1, -0.05) is 0 Å². The molecule has 0 radical (unpaired) electrons. The van der Waals surface area contributed by atoms with E-state index in [2.05, 4.69) is 5.32 Å². The standard InChI is InChI=1S/C7H12ClNO3/c8-4-1-2-6(10)9-5-3-7(11)12/h1-5H2,(H,9,10)(H,11,12). The van der Waals surface area contributed by atoms with E-state index in [0.29, 0.717) is 18.7 Å². The molecule has 0 aromatic carbocycles. The number of carbonyl (C=O) groups excluding carboxylic acids is 1. The van der Waals surface area contributed by atoms with Crippen molar-refractivity contribution in [1.82, 2.24) is 5.32 Å². The Morgan fingerprint density at radius 1 is 1.33 bits per heavy atom. The third kappa shape index (κ3) is 7.34. The van der Waals surface area contributed by atoms with Crippen molar-refractivity contribution in [1.29, 1.82) is 0 Å². The van der Waals surface area contributed by atoms with Crippen LogP contribution < -0.4 is 5.32 Å². The summed E-state index contributed by atoms with van der Waals surface area (Å²) in [5.74, 6) is -0.601. The highest BCUT2D eigenvalue weighted by Gasteiger charge is 2.01. The molecule has 12 heavy (non-hydrogen) atoms. The van der Waals surface area contributed by atoms with Crippen LogP contribution in [0.5, 0.6) is 0 Å². The van der Waals surface area contributed by atoms with Crippen LogP contribution in [0.4, 0.5) is 0 Å². The van der Waals surface area contributed by atoms with Crippen LogP contribution in [0.2, 0.25) is 0 Å². The van der Waals surface area contributed by atoms with E-state index in [9.17, 15) is 9.59 Å². The molecule has 1 amide bonds. The first-order valence-electron chi connectivity index (χ1n) is 3.71. The predicted molar refractivity (Wildman–Crippen MR) is 45.2 cm³/mol. The highest BCUT2D eigenvalue weighted by atomic mass is 35.5. The highest BCUT2D eigenvalue weighted by Crippen LogP contribution is 1.91. The smallest absolute Gasteiger partial charge is 0.305 e. The van der Waals surface area contributed by atoms with Gasteiger partial charge < -0.3 is 10.4 Å². The van der Waals surface area contributed by atoms with Crippen molar-refractivity contribution in [3.05, 3.63) is 0 Å². The average molecular weight is 194 g/mol. The Labute approximate surface area is 75.9 Å². The molecule has 4 nitrogen and oxygen atoms in total. The lowest BCUT2D eigenvalue weighted by Crippen LogP contribution is -2.25. The van der Waals surface area contributed by atoms with Gasteiger partial charge in [0.2, 0.25) is 5.91 Å². The summed E-state index contributed by atoms with van der Waals surface area (Å²) in [5.41, 5.74) is 0. The molecule has 0 aromatic heterocycles. The molecule has 0 heterocycles. The Kier molecular flexibility index (Phi) is 6.47. The molecule has 0 fully saturated rings. The normalized spacial score (nSPS) is 9.42. The topological polar surface area (TPSA) is 66.4 Å². The van der Waals surface area contributed by atoms with E-state index in [1.54, 1.807) is 0 Å². The zero-order chi connectivity index (χ0) is 9.40. The van der Waals surface area contributed by atoms with Gasteiger partial charge >= 0.3 is 5.97 Å². The lowest BCUT2D eigenvalue weighted by Gasteiger charge is -2.00. The highest BCUT2D eigenvalue weighted by molar-refractivity contribution is 6.17. The number of carbonyl (C=O) groups is 2. The van der Waals surface area contributed by atoms with E-state index in [-0.39, 0.29) is 18.9 Å².